The first-order chi connectivity index (χ1) is 13.7. The molecule has 164 valence electrons. The summed E-state index contributed by atoms with van der Waals surface area (Å²) in [5, 5.41) is 22.7. The molecule has 0 aromatic carbocycles. The van der Waals surface area contributed by atoms with Crippen LogP contribution in [0.1, 0.15) is 32.1 Å². The first kappa shape index (κ1) is 24.7. The van der Waals surface area contributed by atoms with E-state index >= 15 is 0 Å². The third-order valence-corrected chi connectivity index (χ3v) is 5.14. The summed E-state index contributed by atoms with van der Waals surface area (Å²) >= 11 is 1.48. The van der Waals surface area contributed by atoms with Gasteiger partial charge in [-0.2, -0.15) is 11.8 Å². The summed E-state index contributed by atoms with van der Waals surface area (Å²) in [7, 11) is 0. The highest BCUT2D eigenvalue weighted by Gasteiger charge is 2.37. The summed E-state index contributed by atoms with van der Waals surface area (Å²) in [5.41, 5.74) is 5.57. The third-order valence-electron chi connectivity index (χ3n) is 4.49. The molecule has 0 aliphatic carbocycles. The number of likely N-dealkylation sites (tertiary alicyclic amines) is 1. The average Bonchev–Trinajstić information content (AvgIpc) is 3.16. The number of carbonyl (C=O) groups excluding carboxylic acids is 3. The van der Waals surface area contributed by atoms with E-state index in [0.717, 1.165) is 0 Å². The van der Waals surface area contributed by atoms with Crippen LogP contribution in [0.3, 0.4) is 0 Å². The van der Waals surface area contributed by atoms with Crippen molar-refractivity contribution in [2.24, 2.45) is 5.73 Å². The molecule has 1 fully saturated rings. The molecule has 1 saturated heterocycles. The van der Waals surface area contributed by atoms with Crippen LogP contribution in [0.4, 0.5) is 0 Å². The zero-order valence-corrected chi connectivity index (χ0v) is 17.1. The number of nitrogens with zero attached hydrogens (tertiary/aromatic N) is 1. The van der Waals surface area contributed by atoms with Crippen LogP contribution in [-0.4, -0.2) is 88.0 Å². The van der Waals surface area contributed by atoms with Crippen molar-refractivity contribution in [1.29, 1.82) is 0 Å². The highest BCUT2D eigenvalue weighted by atomic mass is 32.2. The van der Waals surface area contributed by atoms with Crippen LogP contribution in [0.2, 0.25) is 0 Å². The fraction of sp³-hybridized carbons (Fsp3) is 0.706. The van der Waals surface area contributed by atoms with Crippen LogP contribution in [0.15, 0.2) is 0 Å². The van der Waals surface area contributed by atoms with Crippen LogP contribution in [-0.2, 0) is 24.0 Å². The Morgan fingerprint density at radius 2 is 1.90 bits per heavy atom. The van der Waals surface area contributed by atoms with Crippen molar-refractivity contribution in [2.75, 3.05) is 25.1 Å². The van der Waals surface area contributed by atoms with E-state index in [2.05, 4.69) is 10.6 Å². The second kappa shape index (κ2) is 12.3. The third kappa shape index (κ3) is 8.28. The number of rotatable bonds is 12. The summed E-state index contributed by atoms with van der Waals surface area (Å²) in [6.45, 7) is -0.110. The lowest BCUT2D eigenvalue weighted by Crippen LogP contribution is -2.54. The normalized spacial score (nSPS) is 18.0. The first-order valence-electron chi connectivity index (χ1n) is 9.24. The first-order valence-corrected chi connectivity index (χ1v) is 10.6. The Hall–Kier alpha value is -2.34. The van der Waals surface area contributed by atoms with Gasteiger partial charge in [0.1, 0.15) is 12.1 Å². The molecule has 0 spiro atoms. The van der Waals surface area contributed by atoms with Crippen LogP contribution < -0.4 is 16.4 Å². The quantitative estimate of drug-likeness (QED) is 0.248. The van der Waals surface area contributed by atoms with Gasteiger partial charge in [0.25, 0.3) is 0 Å². The fourth-order valence-corrected chi connectivity index (χ4v) is 3.41. The number of nitrogens with two attached hydrogens (primary N) is 1. The SMILES string of the molecule is CSCCC(NC(=O)CNC(=O)C(N)CCC(=O)O)C(=O)N1CCCC1C(=O)O. The van der Waals surface area contributed by atoms with E-state index in [4.69, 9.17) is 10.8 Å². The smallest absolute Gasteiger partial charge is 0.326 e. The lowest BCUT2D eigenvalue weighted by atomic mass is 10.1. The van der Waals surface area contributed by atoms with E-state index in [1.54, 1.807) is 0 Å². The maximum Gasteiger partial charge on any atom is 0.326 e. The minimum absolute atomic E-state index is 0.0663. The number of amides is 3. The van der Waals surface area contributed by atoms with Crippen molar-refractivity contribution in [2.45, 2.75) is 50.2 Å². The number of carboxylic acid groups (broad SMARTS) is 2. The lowest BCUT2D eigenvalue weighted by Gasteiger charge is -2.27. The molecule has 0 aromatic heterocycles. The van der Waals surface area contributed by atoms with E-state index in [9.17, 15) is 29.1 Å². The van der Waals surface area contributed by atoms with E-state index in [-0.39, 0.29) is 12.8 Å². The number of carboxylic acids is 2. The van der Waals surface area contributed by atoms with Gasteiger partial charge in [-0.25, -0.2) is 4.79 Å². The number of thioether (sulfide) groups is 1. The molecule has 0 aromatic rings. The molecule has 0 radical (unpaired) electrons. The van der Waals surface area contributed by atoms with E-state index < -0.39 is 54.3 Å². The number of hydrogen-bond acceptors (Lipinski definition) is 7. The number of hydrogen-bond donors (Lipinski definition) is 5. The van der Waals surface area contributed by atoms with Crippen molar-refractivity contribution in [3.05, 3.63) is 0 Å². The topological polar surface area (TPSA) is 179 Å². The maximum absolute atomic E-state index is 12.8. The highest BCUT2D eigenvalue weighted by molar-refractivity contribution is 7.98. The highest BCUT2D eigenvalue weighted by Crippen LogP contribution is 2.19. The van der Waals surface area contributed by atoms with Gasteiger partial charge in [0.2, 0.25) is 17.7 Å². The van der Waals surface area contributed by atoms with Gasteiger partial charge in [-0.15, -0.1) is 0 Å². The van der Waals surface area contributed by atoms with Crippen molar-refractivity contribution < 1.29 is 34.2 Å². The van der Waals surface area contributed by atoms with E-state index in [1.165, 1.54) is 16.7 Å². The molecule has 0 bridgehead atoms. The van der Waals surface area contributed by atoms with Gasteiger partial charge < -0.3 is 31.5 Å². The summed E-state index contributed by atoms with van der Waals surface area (Å²) in [4.78, 5) is 59.9. The molecule has 29 heavy (non-hydrogen) atoms. The largest absolute Gasteiger partial charge is 0.481 e. The standard InChI is InChI=1S/C17H28N4O7S/c1-29-8-6-11(16(26)21-7-2-3-12(21)17(27)28)20-13(22)9-19-15(25)10(18)4-5-14(23)24/h10-12H,2-9,18H2,1H3,(H,19,25)(H,20,22)(H,23,24)(H,27,28). The Bertz CT molecular complexity index is 631. The Kier molecular flexibility index (Phi) is 10.5. The number of carbonyl (C=O) groups is 5. The van der Waals surface area contributed by atoms with E-state index in [1.807, 2.05) is 6.26 Å². The molecule has 1 heterocycles. The molecular weight excluding hydrogens is 404 g/mol. The molecule has 0 saturated carbocycles. The van der Waals surface area contributed by atoms with Gasteiger partial charge in [-0.05, 0) is 37.7 Å². The summed E-state index contributed by atoms with van der Waals surface area (Å²) in [6.07, 6.45) is 2.78. The van der Waals surface area contributed by atoms with E-state index in [0.29, 0.717) is 31.6 Å². The van der Waals surface area contributed by atoms with Crippen molar-refractivity contribution in [3.63, 3.8) is 0 Å². The second-order valence-corrected chi connectivity index (χ2v) is 7.67. The van der Waals surface area contributed by atoms with Crippen LogP contribution in [0.5, 0.6) is 0 Å². The minimum atomic E-state index is -1.08. The molecule has 11 nitrogen and oxygen atoms in total. The summed E-state index contributed by atoms with van der Waals surface area (Å²) < 4.78 is 0. The Morgan fingerprint density at radius 1 is 1.21 bits per heavy atom. The summed E-state index contributed by atoms with van der Waals surface area (Å²) in [5.74, 6) is -3.32. The Balaban J connectivity index is 2.62. The van der Waals surface area contributed by atoms with Crippen molar-refractivity contribution in [1.82, 2.24) is 15.5 Å². The molecule has 6 N–H and O–H groups in total. The lowest BCUT2D eigenvalue weighted by molar-refractivity contribution is -0.149. The summed E-state index contributed by atoms with van der Waals surface area (Å²) in [6, 6.07) is -2.86. The molecule has 1 aliphatic heterocycles. The van der Waals surface area contributed by atoms with Crippen LogP contribution >= 0.6 is 11.8 Å². The van der Waals surface area contributed by atoms with Crippen molar-refractivity contribution >= 4 is 41.4 Å². The molecule has 12 heteroatoms. The van der Waals surface area contributed by atoms with Gasteiger partial charge in [0.15, 0.2) is 0 Å². The van der Waals surface area contributed by atoms with Gasteiger partial charge in [-0.1, -0.05) is 0 Å². The van der Waals surface area contributed by atoms with Gasteiger partial charge in [0.05, 0.1) is 12.6 Å². The molecular formula is C17H28N4O7S. The van der Waals surface area contributed by atoms with Gasteiger partial charge in [0, 0.05) is 13.0 Å². The monoisotopic (exact) mass is 432 g/mol. The fourth-order valence-electron chi connectivity index (χ4n) is 2.93. The van der Waals surface area contributed by atoms with Gasteiger partial charge >= 0.3 is 11.9 Å². The molecule has 1 aliphatic rings. The van der Waals surface area contributed by atoms with Crippen molar-refractivity contribution in [3.8, 4) is 0 Å². The average molecular weight is 432 g/mol. The molecule has 3 amide bonds. The Morgan fingerprint density at radius 3 is 2.48 bits per heavy atom. The molecule has 1 rings (SSSR count). The van der Waals surface area contributed by atoms with Gasteiger partial charge in [-0.3, -0.25) is 19.2 Å². The number of aliphatic carboxylic acids is 2. The van der Waals surface area contributed by atoms with Crippen LogP contribution in [0, 0.1) is 0 Å². The maximum atomic E-state index is 12.8. The number of nitrogens with one attached hydrogen (secondary N) is 2. The zero-order chi connectivity index (χ0) is 22.0. The second-order valence-electron chi connectivity index (χ2n) is 6.69. The Labute approximate surface area is 172 Å². The molecule has 3 unspecified atom stereocenters. The molecule has 3 atom stereocenters. The predicted molar refractivity (Wildman–Crippen MR) is 105 cm³/mol. The van der Waals surface area contributed by atoms with Crippen LogP contribution in [0.25, 0.3) is 0 Å². The minimum Gasteiger partial charge on any atom is -0.481 e. The predicted octanol–water partition coefficient (Wildman–Crippen LogP) is -1.39. The zero-order valence-electron chi connectivity index (χ0n) is 16.3.